The minimum Gasteiger partial charge on any atom is -0.469 e. The summed E-state index contributed by atoms with van der Waals surface area (Å²) in [6.07, 6.45) is 4.46. The first kappa shape index (κ1) is 13.7. The molecular weight excluding hydrogens is 304 g/mol. The van der Waals surface area contributed by atoms with Gasteiger partial charge in [-0.1, -0.05) is 17.8 Å². The second-order valence-electron chi connectivity index (χ2n) is 5.98. The van der Waals surface area contributed by atoms with Gasteiger partial charge in [-0.05, 0) is 18.8 Å². The fraction of sp³-hybridized carbons (Fsp3) is 0.571. The molecule has 0 N–H and O–H groups in total. The summed E-state index contributed by atoms with van der Waals surface area (Å²) in [6, 6.07) is 1.39. The van der Waals surface area contributed by atoms with Crippen molar-refractivity contribution in [2.75, 3.05) is 25.1 Å². The van der Waals surface area contributed by atoms with Crippen LogP contribution in [0.15, 0.2) is 17.1 Å². The highest BCUT2D eigenvalue weighted by Gasteiger charge is 2.56. The van der Waals surface area contributed by atoms with Crippen molar-refractivity contribution < 1.29 is 9.53 Å². The lowest BCUT2D eigenvalue weighted by molar-refractivity contribution is -0.152. The van der Waals surface area contributed by atoms with Gasteiger partial charge in [0.1, 0.15) is 0 Å². The zero-order valence-electron chi connectivity index (χ0n) is 12.2. The van der Waals surface area contributed by atoms with Gasteiger partial charge in [-0.25, -0.2) is 4.98 Å². The average Bonchev–Trinajstić information content (AvgIpc) is 3.17. The van der Waals surface area contributed by atoms with Crippen LogP contribution in [0.1, 0.15) is 19.3 Å². The molecule has 1 aliphatic carbocycles. The van der Waals surface area contributed by atoms with Crippen molar-refractivity contribution in [1.29, 1.82) is 0 Å². The maximum atomic E-state index is 12.3. The highest BCUT2D eigenvalue weighted by molar-refractivity contribution is 7.20. The Morgan fingerprint density at radius 1 is 1.55 bits per heavy atom. The van der Waals surface area contributed by atoms with Crippen LogP contribution in [0.2, 0.25) is 0 Å². The molecule has 0 aromatic carbocycles. The molecule has 1 saturated carbocycles. The van der Waals surface area contributed by atoms with Crippen molar-refractivity contribution in [3.8, 4) is 0 Å². The lowest BCUT2D eigenvalue weighted by Gasteiger charge is -2.25. The molecule has 4 rings (SSSR count). The Morgan fingerprint density at radius 3 is 3.18 bits per heavy atom. The van der Waals surface area contributed by atoms with E-state index in [2.05, 4.69) is 15.0 Å². The van der Waals surface area contributed by atoms with E-state index in [4.69, 9.17) is 4.74 Å². The summed E-state index contributed by atoms with van der Waals surface area (Å²) in [5.74, 6) is 0.186. The van der Waals surface area contributed by atoms with Crippen LogP contribution in [0.25, 0.3) is 4.96 Å². The number of carbonyl (C=O) groups excluding carboxylic acids is 1. The van der Waals surface area contributed by atoms with Gasteiger partial charge in [0.15, 0.2) is 0 Å². The molecule has 0 radical (unpaired) electrons. The lowest BCUT2D eigenvalue weighted by Crippen LogP contribution is -2.36. The number of methoxy groups -OCH3 is 1. The highest BCUT2D eigenvalue weighted by Crippen LogP contribution is 2.50. The first-order chi connectivity index (χ1) is 10.6. The molecule has 2 fully saturated rings. The van der Waals surface area contributed by atoms with E-state index in [9.17, 15) is 9.59 Å². The fourth-order valence-electron chi connectivity index (χ4n) is 3.83. The highest BCUT2D eigenvalue weighted by atomic mass is 32.1. The van der Waals surface area contributed by atoms with Crippen molar-refractivity contribution >= 4 is 27.4 Å². The summed E-state index contributed by atoms with van der Waals surface area (Å²) in [5, 5.41) is 5.12. The zero-order valence-corrected chi connectivity index (χ0v) is 13.0. The Morgan fingerprint density at radius 2 is 2.41 bits per heavy atom. The molecule has 0 bridgehead atoms. The Bertz CT molecular complexity index is 801. The predicted octanol–water partition coefficient (Wildman–Crippen LogP) is 0.930. The van der Waals surface area contributed by atoms with E-state index in [0.29, 0.717) is 17.4 Å². The maximum Gasteiger partial charge on any atom is 0.313 e. The van der Waals surface area contributed by atoms with Gasteiger partial charge in [0.2, 0.25) is 10.1 Å². The van der Waals surface area contributed by atoms with Crippen LogP contribution in [0.4, 0.5) is 5.13 Å². The van der Waals surface area contributed by atoms with Gasteiger partial charge in [0.25, 0.3) is 5.56 Å². The second kappa shape index (κ2) is 4.77. The van der Waals surface area contributed by atoms with Crippen LogP contribution in [0, 0.1) is 11.3 Å². The molecule has 2 unspecified atom stereocenters. The second-order valence-corrected chi connectivity index (χ2v) is 6.91. The van der Waals surface area contributed by atoms with Gasteiger partial charge in [0, 0.05) is 25.4 Å². The van der Waals surface area contributed by atoms with Crippen molar-refractivity contribution in [2.45, 2.75) is 19.3 Å². The number of esters is 1. The van der Waals surface area contributed by atoms with E-state index < -0.39 is 5.41 Å². The minimum atomic E-state index is -0.412. The molecule has 7 nitrogen and oxygen atoms in total. The summed E-state index contributed by atoms with van der Waals surface area (Å²) in [7, 11) is 1.45. The quantitative estimate of drug-likeness (QED) is 0.766. The van der Waals surface area contributed by atoms with E-state index in [1.807, 2.05) is 0 Å². The van der Waals surface area contributed by atoms with Gasteiger partial charge in [-0.15, -0.1) is 5.10 Å². The van der Waals surface area contributed by atoms with Gasteiger partial charge in [-0.3, -0.25) is 9.59 Å². The third-order valence-corrected chi connectivity index (χ3v) is 5.88. The number of rotatable bonds is 2. The van der Waals surface area contributed by atoms with E-state index in [0.717, 1.165) is 30.9 Å². The van der Waals surface area contributed by atoms with E-state index in [1.54, 1.807) is 0 Å². The molecule has 1 aliphatic heterocycles. The van der Waals surface area contributed by atoms with Crippen LogP contribution in [0.5, 0.6) is 0 Å². The smallest absolute Gasteiger partial charge is 0.313 e. The third-order valence-electron chi connectivity index (χ3n) is 4.89. The molecule has 0 spiro atoms. The van der Waals surface area contributed by atoms with Gasteiger partial charge < -0.3 is 9.64 Å². The van der Waals surface area contributed by atoms with E-state index in [-0.39, 0.29) is 11.5 Å². The Hall–Kier alpha value is -1.96. The molecule has 22 heavy (non-hydrogen) atoms. The molecule has 2 aromatic heterocycles. The number of aromatic nitrogens is 3. The largest absolute Gasteiger partial charge is 0.469 e. The summed E-state index contributed by atoms with van der Waals surface area (Å²) in [6.45, 7) is 1.39. The monoisotopic (exact) mass is 320 g/mol. The predicted molar refractivity (Wildman–Crippen MR) is 81.1 cm³/mol. The number of ether oxygens (including phenoxy) is 1. The lowest BCUT2D eigenvalue weighted by atomic mass is 9.81. The SMILES string of the molecule is COC(=O)C12CCCC1CN(c1nn3c(=O)ccnc3s1)C2. The summed E-state index contributed by atoms with van der Waals surface area (Å²) in [5.41, 5.74) is -0.597. The maximum absolute atomic E-state index is 12.3. The van der Waals surface area contributed by atoms with Crippen molar-refractivity contribution in [2.24, 2.45) is 11.3 Å². The number of fused-ring (bicyclic) bond motifs is 2. The number of hydrogen-bond acceptors (Lipinski definition) is 7. The van der Waals surface area contributed by atoms with Crippen LogP contribution >= 0.6 is 11.3 Å². The molecule has 2 aliphatic rings. The Kier molecular flexibility index (Phi) is 2.97. The van der Waals surface area contributed by atoms with Crippen molar-refractivity contribution in [3.63, 3.8) is 0 Å². The molecule has 116 valence electrons. The number of carbonyl (C=O) groups is 1. The summed E-state index contributed by atoms with van der Waals surface area (Å²) in [4.78, 5) is 30.9. The van der Waals surface area contributed by atoms with Crippen LogP contribution < -0.4 is 10.5 Å². The molecule has 3 heterocycles. The fourth-order valence-corrected chi connectivity index (χ4v) is 4.72. The summed E-state index contributed by atoms with van der Waals surface area (Å²) < 4.78 is 6.37. The normalized spacial score (nSPS) is 27.3. The molecule has 2 aromatic rings. The van der Waals surface area contributed by atoms with Crippen molar-refractivity contribution in [3.05, 3.63) is 22.6 Å². The van der Waals surface area contributed by atoms with Gasteiger partial charge in [-0.2, -0.15) is 4.52 Å². The zero-order chi connectivity index (χ0) is 15.3. The standard InChI is InChI=1S/C14H16N4O3S/c1-21-11(20)14-5-2-3-9(14)7-17(8-14)13-16-18-10(19)4-6-15-12(18)22-13/h4,6,9H,2-3,5,7-8H2,1H3. The van der Waals surface area contributed by atoms with Gasteiger partial charge in [0.05, 0.1) is 12.5 Å². The molecule has 1 saturated heterocycles. The third kappa shape index (κ3) is 1.79. The Labute approximate surface area is 130 Å². The van der Waals surface area contributed by atoms with Crippen LogP contribution in [-0.2, 0) is 9.53 Å². The van der Waals surface area contributed by atoms with E-state index >= 15 is 0 Å². The van der Waals surface area contributed by atoms with Crippen molar-refractivity contribution in [1.82, 2.24) is 14.6 Å². The Balaban J connectivity index is 1.71. The average molecular weight is 320 g/mol. The van der Waals surface area contributed by atoms with E-state index in [1.165, 1.54) is 35.2 Å². The molecule has 2 atom stereocenters. The molecule has 0 amide bonds. The first-order valence-corrected chi connectivity index (χ1v) is 8.14. The number of anilines is 1. The first-order valence-electron chi connectivity index (χ1n) is 7.32. The summed E-state index contributed by atoms with van der Waals surface area (Å²) >= 11 is 1.38. The van der Waals surface area contributed by atoms with Crippen LogP contribution in [-0.4, -0.2) is 40.8 Å². The van der Waals surface area contributed by atoms with Gasteiger partial charge >= 0.3 is 5.97 Å². The minimum absolute atomic E-state index is 0.117. The topological polar surface area (TPSA) is 76.8 Å². The number of hydrogen-bond donors (Lipinski definition) is 0. The van der Waals surface area contributed by atoms with Crippen LogP contribution in [0.3, 0.4) is 0 Å². The molecule has 8 heteroatoms. The number of nitrogens with zero attached hydrogens (tertiary/aromatic N) is 4. The molecular formula is C14H16N4O3S.